The summed E-state index contributed by atoms with van der Waals surface area (Å²) in [6, 6.07) is 6.95. The van der Waals surface area contributed by atoms with Crippen molar-refractivity contribution in [3.63, 3.8) is 0 Å². The molecule has 0 spiro atoms. The fraction of sp³-hybridized carbons (Fsp3) is 0.125. The number of nitrogens with one attached hydrogen (secondary N) is 1. The Hall–Kier alpha value is -1.22. The van der Waals surface area contributed by atoms with Crippen LogP contribution in [0.1, 0.15) is 0 Å². The summed E-state index contributed by atoms with van der Waals surface area (Å²) in [6.07, 6.45) is 0. The molecule has 0 atom stereocenters. The Kier molecular flexibility index (Phi) is 2.94. The van der Waals surface area contributed by atoms with Crippen molar-refractivity contribution in [2.75, 3.05) is 12.4 Å². The standard InChI is InChI=1S/C8H8ClNO2/c1-12-7-4-2-3-6(5-7)10-8(9)11/h2-5H,1H3,(H,10,11). The molecule has 0 aliphatic rings. The number of methoxy groups -OCH3 is 1. The molecule has 1 N–H and O–H groups in total. The molecule has 1 amide bonds. The lowest BCUT2D eigenvalue weighted by Crippen LogP contribution is -2.00. The molecule has 0 unspecified atom stereocenters. The molecule has 64 valence electrons. The van der Waals surface area contributed by atoms with Crippen LogP contribution < -0.4 is 10.1 Å². The number of hydrogen-bond donors (Lipinski definition) is 1. The van der Waals surface area contributed by atoms with Crippen molar-refractivity contribution >= 4 is 22.7 Å². The number of ether oxygens (including phenoxy) is 1. The minimum Gasteiger partial charge on any atom is -0.497 e. The molecule has 0 radical (unpaired) electrons. The maximum absolute atomic E-state index is 10.4. The average Bonchev–Trinajstić information content (AvgIpc) is 2.03. The smallest absolute Gasteiger partial charge is 0.318 e. The van der Waals surface area contributed by atoms with E-state index in [1.165, 1.54) is 0 Å². The van der Waals surface area contributed by atoms with Crippen molar-refractivity contribution in [1.29, 1.82) is 0 Å². The first-order valence-electron chi connectivity index (χ1n) is 3.33. The summed E-state index contributed by atoms with van der Waals surface area (Å²) in [5.74, 6) is 0.679. The molecule has 0 saturated heterocycles. The number of carbonyl (C=O) groups is 1. The molecule has 1 aromatic rings. The first-order chi connectivity index (χ1) is 5.72. The molecule has 12 heavy (non-hydrogen) atoms. The monoisotopic (exact) mass is 185 g/mol. The Bertz CT molecular complexity index is 288. The summed E-state index contributed by atoms with van der Waals surface area (Å²) in [5.41, 5.74) is 0.620. The predicted molar refractivity (Wildman–Crippen MR) is 47.9 cm³/mol. The van der Waals surface area contributed by atoms with Gasteiger partial charge in [-0.3, -0.25) is 4.79 Å². The van der Waals surface area contributed by atoms with E-state index in [-0.39, 0.29) is 0 Å². The SMILES string of the molecule is COc1cccc(NC(=O)Cl)c1. The molecule has 0 aliphatic heterocycles. The van der Waals surface area contributed by atoms with E-state index in [0.29, 0.717) is 11.4 Å². The van der Waals surface area contributed by atoms with Crippen LogP contribution in [0.2, 0.25) is 0 Å². The highest BCUT2D eigenvalue weighted by Gasteiger charge is 1.97. The van der Waals surface area contributed by atoms with Crippen LogP contribution in [0.3, 0.4) is 0 Å². The van der Waals surface area contributed by atoms with Gasteiger partial charge in [-0.25, -0.2) is 0 Å². The fourth-order valence-corrected chi connectivity index (χ4v) is 0.923. The van der Waals surface area contributed by atoms with Crippen LogP contribution in [0.25, 0.3) is 0 Å². The van der Waals surface area contributed by atoms with E-state index in [0.717, 1.165) is 0 Å². The number of amides is 1. The molecule has 0 aromatic heterocycles. The van der Waals surface area contributed by atoms with Gasteiger partial charge in [0.25, 0.3) is 0 Å². The van der Waals surface area contributed by atoms with E-state index in [1.807, 2.05) is 0 Å². The van der Waals surface area contributed by atoms with E-state index < -0.39 is 5.37 Å². The maximum atomic E-state index is 10.4. The van der Waals surface area contributed by atoms with Crippen LogP contribution in [0.15, 0.2) is 24.3 Å². The first kappa shape index (κ1) is 8.87. The van der Waals surface area contributed by atoms with Gasteiger partial charge >= 0.3 is 5.37 Å². The molecule has 4 heteroatoms. The van der Waals surface area contributed by atoms with Gasteiger partial charge in [-0.05, 0) is 23.7 Å². The van der Waals surface area contributed by atoms with E-state index in [4.69, 9.17) is 16.3 Å². The quantitative estimate of drug-likeness (QED) is 0.568. The minimum atomic E-state index is -0.608. The highest BCUT2D eigenvalue weighted by Crippen LogP contribution is 2.16. The number of carbonyl (C=O) groups excluding carboxylic acids is 1. The highest BCUT2D eigenvalue weighted by molar-refractivity contribution is 6.65. The Morgan fingerprint density at radius 3 is 2.92 bits per heavy atom. The van der Waals surface area contributed by atoms with Gasteiger partial charge in [0.2, 0.25) is 0 Å². The van der Waals surface area contributed by atoms with Gasteiger partial charge in [0.15, 0.2) is 0 Å². The van der Waals surface area contributed by atoms with Gasteiger partial charge in [0, 0.05) is 11.8 Å². The molecular formula is C8H8ClNO2. The first-order valence-corrected chi connectivity index (χ1v) is 3.70. The van der Waals surface area contributed by atoms with Crippen LogP contribution in [0, 0.1) is 0 Å². The maximum Gasteiger partial charge on any atom is 0.318 e. The molecule has 0 fully saturated rings. The van der Waals surface area contributed by atoms with Crippen LogP contribution in [0.5, 0.6) is 5.75 Å². The lowest BCUT2D eigenvalue weighted by atomic mass is 10.3. The van der Waals surface area contributed by atoms with Crippen molar-refractivity contribution in [2.24, 2.45) is 0 Å². The summed E-state index contributed by atoms with van der Waals surface area (Å²) in [4.78, 5) is 10.4. The van der Waals surface area contributed by atoms with E-state index in [9.17, 15) is 4.79 Å². The Balaban J connectivity index is 2.79. The molecular weight excluding hydrogens is 178 g/mol. The lowest BCUT2D eigenvalue weighted by Gasteiger charge is -2.02. The van der Waals surface area contributed by atoms with Crippen molar-refractivity contribution in [3.8, 4) is 5.75 Å². The molecule has 0 heterocycles. The van der Waals surface area contributed by atoms with E-state index in [1.54, 1.807) is 31.4 Å². The molecule has 0 bridgehead atoms. The number of rotatable bonds is 2. The Morgan fingerprint density at radius 2 is 2.33 bits per heavy atom. The molecule has 1 rings (SSSR count). The molecule has 0 aliphatic carbocycles. The average molecular weight is 186 g/mol. The third kappa shape index (κ3) is 2.43. The van der Waals surface area contributed by atoms with Gasteiger partial charge < -0.3 is 10.1 Å². The minimum absolute atomic E-state index is 0.608. The molecule has 1 aromatic carbocycles. The zero-order valence-corrected chi connectivity index (χ0v) is 7.26. The van der Waals surface area contributed by atoms with Gasteiger partial charge in [0.05, 0.1) is 7.11 Å². The predicted octanol–water partition coefficient (Wildman–Crippen LogP) is 2.47. The largest absolute Gasteiger partial charge is 0.497 e. The highest BCUT2D eigenvalue weighted by atomic mass is 35.5. The van der Waals surface area contributed by atoms with Crippen molar-refractivity contribution in [2.45, 2.75) is 0 Å². The van der Waals surface area contributed by atoms with Crippen molar-refractivity contribution in [1.82, 2.24) is 0 Å². The number of hydrogen-bond acceptors (Lipinski definition) is 2. The number of benzene rings is 1. The number of anilines is 1. The topological polar surface area (TPSA) is 38.3 Å². The van der Waals surface area contributed by atoms with Gasteiger partial charge in [-0.2, -0.15) is 0 Å². The Morgan fingerprint density at radius 1 is 1.58 bits per heavy atom. The summed E-state index contributed by atoms with van der Waals surface area (Å²) < 4.78 is 4.94. The lowest BCUT2D eigenvalue weighted by molar-refractivity contribution is 0.269. The van der Waals surface area contributed by atoms with E-state index in [2.05, 4.69) is 5.32 Å². The summed E-state index contributed by atoms with van der Waals surface area (Å²) in [6.45, 7) is 0. The van der Waals surface area contributed by atoms with E-state index >= 15 is 0 Å². The summed E-state index contributed by atoms with van der Waals surface area (Å²) in [5, 5.41) is 1.82. The van der Waals surface area contributed by atoms with Crippen LogP contribution in [-0.2, 0) is 0 Å². The van der Waals surface area contributed by atoms with Gasteiger partial charge in [-0.15, -0.1) is 0 Å². The number of halogens is 1. The molecule has 0 saturated carbocycles. The zero-order valence-electron chi connectivity index (χ0n) is 6.50. The third-order valence-electron chi connectivity index (χ3n) is 1.31. The fourth-order valence-electron chi connectivity index (χ4n) is 0.814. The van der Waals surface area contributed by atoms with Crippen LogP contribution in [0.4, 0.5) is 10.5 Å². The second kappa shape index (κ2) is 3.97. The summed E-state index contributed by atoms with van der Waals surface area (Å²) in [7, 11) is 1.56. The van der Waals surface area contributed by atoms with Gasteiger partial charge in [-0.1, -0.05) is 6.07 Å². The zero-order chi connectivity index (χ0) is 8.97. The second-order valence-corrected chi connectivity index (χ2v) is 2.47. The van der Waals surface area contributed by atoms with Crippen LogP contribution >= 0.6 is 11.6 Å². The van der Waals surface area contributed by atoms with Crippen molar-refractivity contribution < 1.29 is 9.53 Å². The van der Waals surface area contributed by atoms with Gasteiger partial charge in [0.1, 0.15) is 5.75 Å². The molecule has 3 nitrogen and oxygen atoms in total. The van der Waals surface area contributed by atoms with Crippen molar-refractivity contribution in [3.05, 3.63) is 24.3 Å². The Labute approximate surface area is 75.3 Å². The third-order valence-corrected chi connectivity index (χ3v) is 1.41. The van der Waals surface area contributed by atoms with Crippen LogP contribution in [-0.4, -0.2) is 12.5 Å². The second-order valence-electron chi connectivity index (χ2n) is 2.13. The normalized spacial score (nSPS) is 9.17. The summed E-state index contributed by atoms with van der Waals surface area (Å²) >= 11 is 5.12.